The van der Waals surface area contributed by atoms with E-state index in [1.807, 2.05) is 40.1 Å². The fraction of sp³-hybridized carbons (Fsp3) is 0.444. The van der Waals surface area contributed by atoms with E-state index in [0.717, 1.165) is 17.1 Å². The lowest BCUT2D eigenvalue weighted by molar-refractivity contribution is -0.181. The van der Waals surface area contributed by atoms with Crippen LogP contribution in [0.2, 0.25) is 0 Å². The summed E-state index contributed by atoms with van der Waals surface area (Å²) in [5, 5.41) is 2.64. The number of likely N-dealkylation sites (tertiary alicyclic amines) is 1. The maximum Gasteiger partial charge on any atom is 0.273 e. The zero-order chi connectivity index (χ0) is 25.8. The summed E-state index contributed by atoms with van der Waals surface area (Å²) in [5.74, 6) is -1.08. The predicted octanol–water partition coefficient (Wildman–Crippen LogP) is 4.16. The number of hydrogen-bond acceptors (Lipinski definition) is 6. The Hall–Kier alpha value is -3.08. The zero-order valence-electron chi connectivity index (χ0n) is 20.9. The molecule has 1 aromatic carbocycles. The van der Waals surface area contributed by atoms with E-state index in [2.05, 4.69) is 4.98 Å². The van der Waals surface area contributed by atoms with E-state index in [4.69, 9.17) is 9.47 Å². The summed E-state index contributed by atoms with van der Waals surface area (Å²) in [6.45, 7) is 5.94. The molecule has 2 fully saturated rings. The number of ether oxygens (including phenoxy) is 2. The molecule has 1 spiro atoms. The van der Waals surface area contributed by atoms with Gasteiger partial charge in [0.2, 0.25) is 0 Å². The van der Waals surface area contributed by atoms with Gasteiger partial charge in [-0.15, -0.1) is 11.3 Å². The van der Waals surface area contributed by atoms with E-state index >= 15 is 0 Å². The second kappa shape index (κ2) is 11.1. The number of nitrogens with zero attached hydrogens (tertiary/aromatic N) is 4. The molecule has 0 saturated carbocycles. The summed E-state index contributed by atoms with van der Waals surface area (Å²) in [6, 6.07) is 9.57. The molecule has 3 aromatic rings. The summed E-state index contributed by atoms with van der Waals surface area (Å²) in [4.78, 5) is 34.3. The molecule has 0 aliphatic carbocycles. The van der Waals surface area contributed by atoms with E-state index in [1.54, 1.807) is 4.90 Å². The van der Waals surface area contributed by atoms with Crippen LogP contribution in [0.4, 0.5) is 4.39 Å². The van der Waals surface area contributed by atoms with Gasteiger partial charge in [0.25, 0.3) is 11.8 Å². The van der Waals surface area contributed by atoms with Crippen molar-refractivity contribution in [2.24, 2.45) is 0 Å². The summed E-state index contributed by atoms with van der Waals surface area (Å²) in [5.41, 5.74) is 1.88. The van der Waals surface area contributed by atoms with Crippen molar-refractivity contribution < 1.29 is 23.5 Å². The first-order valence-electron chi connectivity index (χ1n) is 12.7. The molecule has 0 atom stereocenters. The molecule has 0 bridgehead atoms. The van der Waals surface area contributed by atoms with Crippen LogP contribution in [0.1, 0.15) is 57.7 Å². The Labute approximate surface area is 219 Å². The van der Waals surface area contributed by atoms with Crippen molar-refractivity contribution in [1.29, 1.82) is 0 Å². The number of hydrogen-bond donors (Lipinski definition) is 0. The first kappa shape index (κ1) is 25.6. The summed E-state index contributed by atoms with van der Waals surface area (Å²) in [7, 11) is 0. The van der Waals surface area contributed by atoms with Gasteiger partial charge in [-0.05, 0) is 42.8 Å². The monoisotopic (exact) mass is 526 g/mol. The normalized spacial score (nSPS) is 16.9. The molecule has 4 heterocycles. The Balaban J connectivity index is 1.22. The standard InChI is InChI=1S/C27H31FN4O4S/c1-2-11-32(25(33)20-5-7-21(28)8-6-20)17-22-4-3-12-31(22)18-24-29-23(19-37-24)26(34)30-13-9-27(10-14-30)35-15-16-36-27/h3-8,12,19H,2,9-11,13-18H2,1H3. The minimum Gasteiger partial charge on any atom is -0.347 e. The number of rotatable bonds is 8. The van der Waals surface area contributed by atoms with Crippen LogP contribution in [0.15, 0.2) is 48.0 Å². The second-order valence-electron chi connectivity index (χ2n) is 9.39. The number of amides is 2. The molecule has 2 amide bonds. The van der Waals surface area contributed by atoms with Crippen molar-refractivity contribution in [2.75, 3.05) is 32.8 Å². The molecule has 0 unspecified atom stereocenters. The van der Waals surface area contributed by atoms with Gasteiger partial charge < -0.3 is 23.8 Å². The van der Waals surface area contributed by atoms with Crippen LogP contribution in [0.3, 0.4) is 0 Å². The lowest BCUT2D eigenvalue weighted by Crippen LogP contribution is -2.47. The van der Waals surface area contributed by atoms with Crippen molar-refractivity contribution in [3.63, 3.8) is 0 Å². The predicted molar refractivity (Wildman–Crippen MR) is 137 cm³/mol. The van der Waals surface area contributed by atoms with E-state index in [1.165, 1.54) is 35.6 Å². The number of carbonyl (C=O) groups excluding carboxylic acids is 2. The van der Waals surface area contributed by atoms with E-state index in [0.29, 0.717) is 70.0 Å². The Morgan fingerprint density at radius 1 is 1.14 bits per heavy atom. The smallest absolute Gasteiger partial charge is 0.273 e. The molecule has 37 heavy (non-hydrogen) atoms. The molecule has 2 aromatic heterocycles. The molecule has 2 saturated heterocycles. The van der Waals surface area contributed by atoms with Gasteiger partial charge >= 0.3 is 0 Å². The largest absolute Gasteiger partial charge is 0.347 e. The Morgan fingerprint density at radius 2 is 1.86 bits per heavy atom. The maximum atomic E-state index is 13.3. The summed E-state index contributed by atoms with van der Waals surface area (Å²) in [6.07, 6.45) is 4.11. The van der Waals surface area contributed by atoms with Gasteiger partial charge in [0.05, 0.1) is 26.3 Å². The van der Waals surface area contributed by atoms with Gasteiger partial charge in [-0.1, -0.05) is 6.92 Å². The molecule has 196 valence electrons. The number of carbonyl (C=O) groups is 2. The second-order valence-corrected chi connectivity index (χ2v) is 10.3. The first-order chi connectivity index (χ1) is 18.0. The van der Waals surface area contributed by atoms with Crippen LogP contribution >= 0.6 is 11.3 Å². The van der Waals surface area contributed by atoms with Gasteiger partial charge in [-0.2, -0.15) is 0 Å². The van der Waals surface area contributed by atoms with Crippen molar-refractivity contribution in [1.82, 2.24) is 19.4 Å². The van der Waals surface area contributed by atoms with E-state index in [-0.39, 0.29) is 17.6 Å². The molecule has 10 heteroatoms. The lowest BCUT2D eigenvalue weighted by Gasteiger charge is -2.37. The minimum absolute atomic E-state index is 0.0675. The third kappa shape index (κ3) is 5.76. The van der Waals surface area contributed by atoms with Crippen LogP contribution in [0.25, 0.3) is 0 Å². The van der Waals surface area contributed by atoms with E-state index < -0.39 is 5.79 Å². The molecule has 0 radical (unpaired) electrons. The van der Waals surface area contributed by atoms with Crippen molar-refractivity contribution >= 4 is 23.2 Å². The fourth-order valence-electron chi connectivity index (χ4n) is 4.87. The Bertz CT molecular complexity index is 1230. The van der Waals surface area contributed by atoms with Crippen LogP contribution in [0.5, 0.6) is 0 Å². The molecule has 0 N–H and O–H groups in total. The molecular weight excluding hydrogens is 495 g/mol. The average Bonchev–Trinajstić information content (AvgIpc) is 3.67. The first-order valence-corrected chi connectivity index (χ1v) is 13.5. The third-order valence-electron chi connectivity index (χ3n) is 6.85. The molecule has 5 rings (SSSR count). The highest BCUT2D eigenvalue weighted by Gasteiger charge is 2.41. The van der Waals surface area contributed by atoms with Gasteiger partial charge in [0, 0.05) is 55.3 Å². The number of piperidine rings is 1. The highest BCUT2D eigenvalue weighted by atomic mass is 32.1. The zero-order valence-corrected chi connectivity index (χ0v) is 21.7. The van der Waals surface area contributed by atoms with Gasteiger partial charge in [-0.3, -0.25) is 9.59 Å². The topological polar surface area (TPSA) is 76.9 Å². The van der Waals surface area contributed by atoms with Crippen LogP contribution in [-0.4, -0.2) is 69.8 Å². The minimum atomic E-state index is -0.515. The maximum absolute atomic E-state index is 13.3. The van der Waals surface area contributed by atoms with Crippen molar-refractivity contribution in [2.45, 2.75) is 45.1 Å². The number of thiazole rings is 1. The van der Waals surface area contributed by atoms with Crippen molar-refractivity contribution in [3.8, 4) is 0 Å². The van der Waals surface area contributed by atoms with Gasteiger partial charge in [0.15, 0.2) is 5.79 Å². The Morgan fingerprint density at radius 3 is 2.57 bits per heavy atom. The highest BCUT2D eigenvalue weighted by molar-refractivity contribution is 7.09. The van der Waals surface area contributed by atoms with Gasteiger partial charge in [0.1, 0.15) is 16.5 Å². The average molecular weight is 527 g/mol. The molecule has 8 nitrogen and oxygen atoms in total. The van der Waals surface area contributed by atoms with Gasteiger partial charge in [-0.25, -0.2) is 9.37 Å². The van der Waals surface area contributed by atoms with Crippen LogP contribution in [-0.2, 0) is 22.6 Å². The molecule has 2 aliphatic rings. The number of benzene rings is 1. The molecular formula is C27H31FN4O4S. The van der Waals surface area contributed by atoms with E-state index in [9.17, 15) is 14.0 Å². The van der Waals surface area contributed by atoms with Crippen molar-refractivity contribution in [3.05, 3.63) is 75.8 Å². The third-order valence-corrected chi connectivity index (χ3v) is 7.68. The number of halogens is 1. The highest BCUT2D eigenvalue weighted by Crippen LogP contribution is 2.31. The SMILES string of the molecule is CCCN(Cc1cccn1Cc1nc(C(=O)N2CCC3(CC2)OCCO3)cs1)C(=O)c1ccc(F)cc1. The summed E-state index contributed by atoms with van der Waals surface area (Å²) >= 11 is 1.46. The Kier molecular flexibility index (Phi) is 7.68. The fourth-order valence-corrected chi connectivity index (χ4v) is 5.63. The summed E-state index contributed by atoms with van der Waals surface area (Å²) < 4.78 is 26.9. The quantitative estimate of drug-likeness (QED) is 0.441. The lowest BCUT2D eigenvalue weighted by atomic mass is 10.0. The molecule has 2 aliphatic heterocycles. The number of aromatic nitrogens is 2. The van der Waals surface area contributed by atoms with Crippen LogP contribution in [0, 0.1) is 5.82 Å². The van der Waals surface area contributed by atoms with Crippen LogP contribution < -0.4 is 0 Å².